The van der Waals surface area contributed by atoms with Crippen molar-refractivity contribution in [2.45, 2.75) is 31.3 Å². The van der Waals surface area contributed by atoms with Crippen molar-refractivity contribution in [3.8, 4) is 17.2 Å². The first-order chi connectivity index (χ1) is 14.5. The van der Waals surface area contributed by atoms with Gasteiger partial charge in [-0.2, -0.15) is 8.78 Å². The maximum Gasteiger partial charge on any atom is 0.387 e. The molecule has 5 heteroatoms. The van der Waals surface area contributed by atoms with Crippen molar-refractivity contribution in [1.82, 2.24) is 0 Å². The highest BCUT2D eigenvalue weighted by Gasteiger charge is 2.42. The molecule has 1 aliphatic rings. The monoisotopic (exact) mass is 410 g/mol. The zero-order valence-electron chi connectivity index (χ0n) is 16.2. The Hall–Kier alpha value is -3.21. The Labute approximate surface area is 173 Å². The molecule has 0 bridgehead atoms. The lowest BCUT2D eigenvalue weighted by Gasteiger charge is -2.13. The molecule has 0 aliphatic heterocycles. The van der Waals surface area contributed by atoms with E-state index >= 15 is 0 Å². The Morgan fingerprint density at radius 1 is 0.867 bits per heavy atom. The van der Waals surface area contributed by atoms with Crippen LogP contribution in [0.4, 0.5) is 13.2 Å². The maximum atomic E-state index is 14.8. The van der Waals surface area contributed by atoms with Crippen LogP contribution in [0.5, 0.6) is 17.2 Å². The molecule has 3 aromatic rings. The van der Waals surface area contributed by atoms with Gasteiger partial charge in [-0.3, -0.25) is 0 Å². The maximum absolute atomic E-state index is 14.8. The van der Waals surface area contributed by atoms with Crippen LogP contribution in [0, 0.1) is 0 Å². The molecule has 0 radical (unpaired) electrons. The molecule has 3 aromatic carbocycles. The summed E-state index contributed by atoms with van der Waals surface area (Å²) in [5.74, 6) is 1.26. The van der Waals surface area contributed by atoms with Crippen LogP contribution in [-0.2, 0) is 11.8 Å². The first-order valence-electron chi connectivity index (χ1n) is 9.77. The summed E-state index contributed by atoms with van der Waals surface area (Å²) in [7, 11) is 0. The van der Waals surface area contributed by atoms with Crippen molar-refractivity contribution in [3.05, 3.63) is 102 Å². The minimum absolute atomic E-state index is 0.101. The Morgan fingerprint density at radius 2 is 1.57 bits per heavy atom. The number of hydrogen-bond donors (Lipinski definition) is 0. The van der Waals surface area contributed by atoms with Gasteiger partial charge in [-0.05, 0) is 66.4 Å². The van der Waals surface area contributed by atoms with Gasteiger partial charge in [-0.1, -0.05) is 42.5 Å². The Bertz CT molecular complexity index is 1010. The van der Waals surface area contributed by atoms with E-state index in [-0.39, 0.29) is 23.4 Å². The van der Waals surface area contributed by atoms with E-state index in [0.29, 0.717) is 5.75 Å². The zero-order valence-corrected chi connectivity index (χ0v) is 16.2. The van der Waals surface area contributed by atoms with Crippen molar-refractivity contribution in [2.24, 2.45) is 0 Å². The third-order valence-corrected chi connectivity index (χ3v) is 5.13. The van der Waals surface area contributed by atoms with Crippen LogP contribution in [0.15, 0.2) is 90.8 Å². The van der Waals surface area contributed by atoms with Crippen molar-refractivity contribution in [1.29, 1.82) is 0 Å². The van der Waals surface area contributed by atoms with Crippen LogP contribution in [0.25, 0.3) is 0 Å². The predicted molar refractivity (Wildman–Crippen MR) is 110 cm³/mol. The van der Waals surface area contributed by atoms with Crippen LogP contribution in [0.2, 0.25) is 0 Å². The number of benzene rings is 3. The van der Waals surface area contributed by atoms with E-state index < -0.39 is 6.61 Å². The van der Waals surface area contributed by atoms with Crippen LogP contribution in [-0.4, -0.2) is 6.61 Å². The molecule has 1 aliphatic carbocycles. The summed E-state index contributed by atoms with van der Waals surface area (Å²) in [5, 5.41) is 0. The highest BCUT2D eigenvalue weighted by atomic mass is 19.3. The van der Waals surface area contributed by atoms with E-state index in [0.717, 1.165) is 29.7 Å². The number of ether oxygens (including phenoxy) is 2. The first kappa shape index (κ1) is 20.1. The predicted octanol–water partition coefficient (Wildman–Crippen LogP) is 7.21. The largest absolute Gasteiger partial charge is 0.457 e. The van der Waals surface area contributed by atoms with Crippen LogP contribution < -0.4 is 9.47 Å². The summed E-state index contributed by atoms with van der Waals surface area (Å²) in [6, 6.07) is 23.2. The fourth-order valence-corrected chi connectivity index (χ4v) is 3.51. The summed E-state index contributed by atoms with van der Waals surface area (Å²) in [6.45, 7) is -2.86. The molecular formula is C25H21F3O2. The van der Waals surface area contributed by atoms with Crippen molar-refractivity contribution in [2.75, 3.05) is 0 Å². The average molecular weight is 410 g/mol. The van der Waals surface area contributed by atoms with Gasteiger partial charge < -0.3 is 9.47 Å². The number of alkyl halides is 2. The van der Waals surface area contributed by atoms with Crippen LogP contribution in [0.1, 0.15) is 24.0 Å². The highest BCUT2D eigenvalue weighted by Crippen LogP contribution is 2.50. The Balaban J connectivity index is 1.44. The summed E-state index contributed by atoms with van der Waals surface area (Å²) >= 11 is 0. The lowest BCUT2D eigenvalue weighted by Crippen LogP contribution is -2.05. The lowest BCUT2D eigenvalue weighted by atomic mass is 9.94. The van der Waals surface area contributed by atoms with Gasteiger partial charge in [0.25, 0.3) is 0 Å². The molecule has 30 heavy (non-hydrogen) atoms. The smallest absolute Gasteiger partial charge is 0.387 e. The summed E-state index contributed by atoms with van der Waals surface area (Å²) in [5.41, 5.74) is 1.35. The number of para-hydroxylation sites is 1. The topological polar surface area (TPSA) is 18.5 Å². The van der Waals surface area contributed by atoms with Crippen LogP contribution in [0.3, 0.4) is 0 Å². The fraction of sp³-hybridized carbons (Fsp3) is 0.200. The number of hydrogen-bond acceptors (Lipinski definition) is 2. The summed E-state index contributed by atoms with van der Waals surface area (Å²) < 4.78 is 49.6. The zero-order chi connectivity index (χ0) is 21.0. The summed E-state index contributed by atoms with van der Waals surface area (Å²) in [4.78, 5) is 0. The van der Waals surface area contributed by atoms with Gasteiger partial charge in [-0.25, -0.2) is 4.39 Å². The molecule has 0 N–H and O–H groups in total. The van der Waals surface area contributed by atoms with Gasteiger partial charge in [0.05, 0.1) is 0 Å². The van der Waals surface area contributed by atoms with E-state index in [1.54, 1.807) is 18.2 Å². The van der Waals surface area contributed by atoms with Crippen molar-refractivity contribution >= 4 is 0 Å². The van der Waals surface area contributed by atoms with Gasteiger partial charge in [0.2, 0.25) is 0 Å². The number of allylic oxidation sites excluding steroid dienone is 2. The highest BCUT2D eigenvalue weighted by molar-refractivity contribution is 5.42. The Kier molecular flexibility index (Phi) is 5.79. The third-order valence-electron chi connectivity index (χ3n) is 5.13. The van der Waals surface area contributed by atoms with E-state index in [1.807, 2.05) is 54.6 Å². The van der Waals surface area contributed by atoms with Gasteiger partial charge in [0.1, 0.15) is 23.1 Å². The molecule has 0 heterocycles. The fourth-order valence-electron chi connectivity index (χ4n) is 3.51. The molecule has 0 atom stereocenters. The first-order valence-corrected chi connectivity index (χ1v) is 9.77. The quantitative estimate of drug-likeness (QED) is 0.391. The van der Waals surface area contributed by atoms with Crippen LogP contribution >= 0.6 is 0 Å². The second kappa shape index (κ2) is 8.66. The second-order valence-corrected chi connectivity index (χ2v) is 7.39. The number of halogens is 3. The van der Waals surface area contributed by atoms with Crippen molar-refractivity contribution < 1.29 is 22.6 Å². The van der Waals surface area contributed by atoms with Gasteiger partial charge in [-0.15, -0.1) is 0 Å². The number of rotatable bonds is 8. The van der Waals surface area contributed by atoms with E-state index in [9.17, 15) is 13.2 Å². The van der Waals surface area contributed by atoms with Crippen molar-refractivity contribution in [3.63, 3.8) is 0 Å². The molecule has 1 fully saturated rings. The van der Waals surface area contributed by atoms with E-state index in [4.69, 9.17) is 4.74 Å². The minimum atomic E-state index is -2.86. The molecule has 0 amide bonds. The lowest BCUT2D eigenvalue weighted by molar-refractivity contribution is -0.0498. The second-order valence-electron chi connectivity index (χ2n) is 7.39. The molecule has 2 nitrogen and oxygen atoms in total. The van der Waals surface area contributed by atoms with E-state index in [1.165, 1.54) is 12.1 Å². The molecule has 1 saturated carbocycles. The standard InChI is InChI=1S/C25H21F3O2/c26-20(15-18-5-4-8-23(16-18)29-21-6-2-1-3-7-21)17-25(13-14-25)19-9-11-22(12-10-19)30-24(27)28/h1-12,16-17,24H,13-15H2/b20-17+. The Morgan fingerprint density at radius 3 is 2.23 bits per heavy atom. The molecule has 154 valence electrons. The molecule has 0 spiro atoms. The van der Waals surface area contributed by atoms with Gasteiger partial charge in [0, 0.05) is 11.8 Å². The molecule has 0 saturated heterocycles. The van der Waals surface area contributed by atoms with E-state index in [2.05, 4.69) is 4.74 Å². The molecular weight excluding hydrogens is 389 g/mol. The molecule has 0 aromatic heterocycles. The SMILES string of the molecule is F/C(=C/C1(c2ccc(OC(F)F)cc2)CC1)Cc1cccc(Oc2ccccc2)c1. The third kappa shape index (κ3) is 5.03. The van der Waals surface area contributed by atoms with Gasteiger partial charge >= 0.3 is 6.61 Å². The normalized spacial score (nSPS) is 15.1. The average Bonchev–Trinajstić information content (AvgIpc) is 3.49. The molecule has 0 unspecified atom stereocenters. The minimum Gasteiger partial charge on any atom is -0.457 e. The molecule has 4 rings (SSSR count). The van der Waals surface area contributed by atoms with Gasteiger partial charge in [0.15, 0.2) is 0 Å². The summed E-state index contributed by atoms with van der Waals surface area (Å²) in [6.07, 6.45) is 3.47.